The van der Waals surface area contributed by atoms with Crippen molar-refractivity contribution in [3.8, 4) is 0 Å². The standard InChI is InChI=1S/C16H13N3O2.C10H11NO4/c1-10-8-11-14(21-10)6-7-19(16(11)20)9-15-17-12-4-2-3-5-13(12)18-15;1-6-4-7-8(15-6)2-3-11(10(7)14)5-9(12)13/h2-8H,9H2,1H3,(H,17,18);2-4,9,12-13H,5H2,1H3. The summed E-state index contributed by atoms with van der Waals surface area (Å²) in [5, 5.41) is 18.6. The quantitative estimate of drug-likeness (QED) is 0.324. The minimum atomic E-state index is -1.53. The molecule has 3 N–H and O–H groups in total. The highest BCUT2D eigenvalue weighted by atomic mass is 16.5. The number of aryl methyl sites for hydroxylation is 2. The molecule has 10 heteroatoms. The summed E-state index contributed by atoms with van der Waals surface area (Å²) in [6.07, 6.45) is 1.68. The lowest BCUT2D eigenvalue weighted by Gasteiger charge is -2.06. The number of aromatic amines is 1. The first-order valence-corrected chi connectivity index (χ1v) is 11.3. The lowest BCUT2D eigenvalue weighted by molar-refractivity contribution is -0.0518. The highest BCUT2D eigenvalue weighted by Crippen LogP contribution is 2.16. The second-order valence-corrected chi connectivity index (χ2v) is 8.47. The molecule has 0 saturated heterocycles. The smallest absolute Gasteiger partial charge is 0.262 e. The van der Waals surface area contributed by atoms with Gasteiger partial charge in [0.1, 0.15) is 28.5 Å². The number of furan rings is 2. The lowest BCUT2D eigenvalue weighted by Crippen LogP contribution is -2.25. The molecule has 0 amide bonds. The van der Waals surface area contributed by atoms with Crippen molar-refractivity contribution in [2.75, 3.05) is 0 Å². The molecular weight excluding hydrogens is 464 g/mol. The highest BCUT2D eigenvalue weighted by Gasteiger charge is 2.10. The molecule has 0 saturated carbocycles. The summed E-state index contributed by atoms with van der Waals surface area (Å²) in [5.74, 6) is 2.16. The molecule has 0 atom stereocenters. The summed E-state index contributed by atoms with van der Waals surface area (Å²) >= 11 is 0. The first-order valence-electron chi connectivity index (χ1n) is 11.3. The van der Waals surface area contributed by atoms with Crippen molar-refractivity contribution in [2.24, 2.45) is 0 Å². The fourth-order valence-corrected chi connectivity index (χ4v) is 4.09. The zero-order chi connectivity index (χ0) is 25.4. The van der Waals surface area contributed by atoms with E-state index in [1.165, 1.54) is 10.8 Å². The Hall–Kier alpha value is -4.41. The van der Waals surface area contributed by atoms with Crippen LogP contribution in [0.4, 0.5) is 0 Å². The fourth-order valence-electron chi connectivity index (χ4n) is 4.09. The van der Waals surface area contributed by atoms with E-state index in [4.69, 9.17) is 19.0 Å². The van der Waals surface area contributed by atoms with Crippen molar-refractivity contribution in [3.05, 3.63) is 99.0 Å². The van der Waals surface area contributed by atoms with Crippen molar-refractivity contribution in [1.82, 2.24) is 19.1 Å². The molecule has 36 heavy (non-hydrogen) atoms. The molecule has 5 heterocycles. The molecule has 0 aliphatic heterocycles. The van der Waals surface area contributed by atoms with Gasteiger partial charge in [0.25, 0.3) is 11.1 Å². The molecule has 0 aliphatic rings. The number of para-hydroxylation sites is 2. The highest BCUT2D eigenvalue weighted by molar-refractivity contribution is 5.77. The maximum absolute atomic E-state index is 12.4. The third-order valence-electron chi connectivity index (χ3n) is 5.68. The molecular formula is C26H24N4O6. The number of fused-ring (bicyclic) bond motifs is 3. The number of benzene rings is 1. The van der Waals surface area contributed by atoms with Gasteiger partial charge in [-0.05, 0) is 50.2 Å². The maximum atomic E-state index is 12.4. The van der Waals surface area contributed by atoms with E-state index in [1.54, 1.807) is 35.9 Å². The van der Waals surface area contributed by atoms with Gasteiger partial charge in [-0.3, -0.25) is 9.59 Å². The van der Waals surface area contributed by atoms with Crippen LogP contribution in [-0.4, -0.2) is 35.6 Å². The number of hydrogen-bond donors (Lipinski definition) is 3. The van der Waals surface area contributed by atoms with E-state index >= 15 is 0 Å². The van der Waals surface area contributed by atoms with E-state index in [0.717, 1.165) is 22.6 Å². The van der Waals surface area contributed by atoms with Crippen LogP contribution in [0.2, 0.25) is 0 Å². The van der Waals surface area contributed by atoms with Crippen LogP contribution in [0.3, 0.4) is 0 Å². The van der Waals surface area contributed by atoms with Gasteiger partial charge in [-0.1, -0.05) is 12.1 Å². The number of pyridine rings is 2. The van der Waals surface area contributed by atoms with Gasteiger partial charge in [-0.2, -0.15) is 0 Å². The molecule has 184 valence electrons. The van der Waals surface area contributed by atoms with Gasteiger partial charge < -0.3 is 33.2 Å². The Morgan fingerprint density at radius 2 is 1.47 bits per heavy atom. The first kappa shape index (κ1) is 23.3. The summed E-state index contributed by atoms with van der Waals surface area (Å²) in [4.78, 5) is 31.9. The van der Waals surface area contributed by atoms with Gasteiger partial charge in [-0.25, -0.2) is 4.98 Å². The van der Waals surface area contributed by atoms with Crippen LogP contribution in [0.1, 0.15) is 17.3 Å². The largest absolute Gasteiger partial charge is 0.461 e. The summed E-state index contributed by atoms with van der Waals surface area (Å²) < 4.78 is 13.6. The Kier molecular flexibility index (Phi) is 6.05. The van der Waals surface area contributed by atoms with Crippen LogP contribution < -0.4 is 11.1 Å². The van der Waals surface area contributed by atoms with Crippen molar-refractivity contribution < 1.29 is 19.0 Å². The van der Waals surface area contributed by atoms with Gasteiger partial charge in [0, 0.05) is 12.4 Å². The van der Waals surface area contributed by atoms with Crippen LogP contribution in [0.15, 0.2) is 79.3 Å². The summed E-state index contributed by atoms with van der Waals surface area (Å²) in [6, 6.07) is 14.7. The molecule has 0 unspecified atom stereocenters. The van der Waals surface area contributed by atoms with Crippen LogP contribution in [0.5, 0.6) is 0 Å². The van der Waals surface area contributed by atoms with Gasteiger partial charge in [0.2, 0.25) is 0 Å². The zero-order valence-corrected chi connectivity index (χ0v) is 19.6. The normalized spacial score (nSPS) is 11.5. The Labute approximate surface area is 203 Å². The van der Waals surface area contributed by atoms with Gasteiger partial charge in [0.15, 0.2) is 6.29 Å². The van der Waals surface area contributed by atoms with E-state index in [2.05, 4.69) is 9.97 Å². The van der Waals surface area contributed by atoms with Gasteiger partial charge in [-0.15, -0.1) is 0 Å². The third-order valence-corrected chi connectivity index (χ3v) is 5.68. The Bertz CT molecular complexity index is 1770. The number of aromatic nitrogens is 4. The lowest BCUT2D eigenvalue weighted by atomic mass is 10.3. The fraction of sp³-hybridized carbons (Fsp3) is 0.192. The number of aliphatic hydroxyl groups excluding tert-OH is 1. The average molecular weight is 489 g/mol. The van der Waals surface area contributed by atoms with Crippen LogP contribution in [0, 0.1) is 13.8 Å². The number of H-pyrrole nitrogens is 1. The molecule has 0 spiro atoms. The number of nitrogens with one attached hydrogen (secondary N) is 1. The van der Waals surface area contributed by atoms with Crippen LogP contribution in [-0.2, 0) is 13.1 Å². The number of rotatable bonds is 4. The van der Waals surface area contributed by atoms with E-state index in [1.807, 2.05) is 37.3 Å². The number of hydrogen-bond acceptors (Lipinski definition) is 7. The third kappa shape index (κ3) is 4.59. The molecule has 10 nitrogen and oxygen atoms in total. The zero-order valence-electron chi connectivity index (χ0n) is 19.6. The van der Waals surface area contributed by atoms with E-state index < -0.39 is 6.29 Å². The minimum absolute atomic E-state index is 0.0650. The first-order chi connectivity index (χ1) is 17.3. The molecule has 5 aromatic heterocycles. The monoisotopic (exact) mass is 488 g/mol. The molecule has 0 bridgehead atoms. The molecule has 6 aromatic rings. The van der Waals surface area contributed by atoms with Crippen LogP contribution in [0.25, 0.3) is 33.0 Å². The van der Waals surface area contributed by atoms with Crippen molar-refractivity contribution in [3.63, 3.8) is 0 Å². The van der Waals surface area contributed by atoms with Crippen molar-refractivity contribution >= 4 is 33.0 Å². The molecule has 0 aliphatic carbocycles. The number of imidazole rings is 1. The number of nitrogens with zero attached hydrogens (tertiary/aromatic N) is 3. The SMILES string of the molecule is Cc1cc2c(=O)n(CC(O)O)ccc2o1.Cc1cc2c(=O)n(Cc3nc4ccccc4[nH]3)ccc2o1. The predicted molar refractivity (Wildman–Crippen MR) is 134 cm³/mol. The number of aliphatic hydroxyl groups is 2. The molecule has 0 radical (unpaired) electrons. The molecule has 1 aromatic carbocycles. The molecule has 0 fully saturated rings. The summed E-state index contributed by atoms with van der Waals surface area (Å²) in [7, 11) is 0. The Morgan fingerprint density at radius 3 is 2.08 bits per heavy atom. The molecule has 6 rings (SSSR count). The van der Waals surface area contributed by atoms with Gasteiger partial charge in [0.05, 0.1) is 34.9 Å². The van der Waals surface area contributed by atoms with E-state index in [-0.39, 0.29) is 17.7 Å². The maximum Gasteiger partial charge on any atom is 0.262 e. The van der Waals surface area contributed by atoms with E-state index in [0.29, 0.717) is 34.2 Å². The predicted octanol–water partition coefficient (Wildman–Crippen LogP) is 3.04. The van der Waals surface area contributed by atoms with Crippen molar-refractivity contribution in [2.45, 2.75) is 33.2 Å². The summed E-state index contributed by atoms with van der Waals surface area (Å²) in [6.45, 7) is 3.86. The summed E-state index contributed by atoms with van der Waals surface area (Å²) in [5.41, 5.74) is 2.67. The minimum Gasteiger partial charge on any atom is -0.461 e. The van der Waals surface area contributed by atoms with E-state index in [9.17, 15) is 9.59 Å². The Balaban J connectivity index is 0.000000157. The average Bonchev–Trinajstić information content (AvgIpc) is 3.53. The van der Waals surface area contributed by atoms with Gasteiger partial charge >= 0.3 is 0 Å². The second-order valence-electron chi connectivity index (χ2n) is 8.47. The van der Waals surface area contributed by atoms with Crippen molar-refractivity contribution in [1.29, 1.82) is 0 Å². The van der Waals surface area contributed by atoms with Crippen LogP contribution >= 0.6 is 0 Å². The Morgan fingerprint density at radius 1 is 0.889 bits per heavy atom. The second kappa shape index (κ2) is 9.33. The topological polar surface area (TPSA) is 139 Å².